The number of anilines is 1. The average Bonchev–Trinajstić information content (AvgIpc) is 3.17. The van der Waals surface area contributed by atoms with Gasteiger partial charge in [-0.05, 0) is 31.2 Å². The minimum atomic E-state index is -0.769. The van der Waals surface area contributed by atoms with E-state index in [1.165, 1.54) is 6.26 Å². The SMILES string of the molecule is C[C@H](C[C@@H](O)c1ccco1)NC(=O)Nc1nnc2ccccn12. The van der Waals surface area contributed by atoms with Gasteiger partial charge in [0, 0.05) is 18.7 Å². The van der Waals surface area contributed by atoms with Crippen LogP contribution in [0, 0.1) is 0 Å². The Kier molecular flexibility index (Phi) is 4.24. The van der Waals surface area contributed by atoms with Crippen LogP contribution in [0.3, 0.4) is 0 Å². The molecule has 0 radical (unpaired) electrons. The maximum Gasteiger partial charge on any atom is 0.321 e. The van der Waals surface area contributed by atoms with Gasteiger partial charge in [0.2, 0.25) is 5.95 Å². The van der Waals surface area contributed by atoms with E-state index in [2.05, 4.69) is 20.8 Å². The van der Waals surface area contributed by atoms with E-state index in [1.54, 1.807) is 35.7 Å². The lowest BCUT2D eigenvalue weighted by molar-refractivity contribution is 0.130. The van der Waals surface area contributed by atoms with Crippen LogP contribution in [-0.4, -0.2) is 31.8 Å². The van der Waals surface area contributed by atoms with E-state index in [9.17, 15) is 9.90 Å². The third-order valence-corrected chi connectivity index (χ3v) is 3.36. The van der Waals surface area contributed by atoms with Crippen LogP contribution in [0.2, 0.25) is 0 Å². The van der Waals surface area contributed by atoms with Crippen molar-refractivity contribution in [2.45, 2.75) is 25.5 Å². The highest BCUT2D eigenvalue weighted by molar-refractivity contribution is 5.87. The molecule has 0 spiro atoms. The number of fused-ring (bicyclic) bond motifs is 1. The van der Waals surface area contributed by atoms with Gasteiger partial charge in [-0.25, -0.2) is 4.79 Å². The van der Waals surface area contributed by atoms with Crippen LogP contribution in [-0.2, 0) is 0 Å². The summed E-state index contributed by atoms with van der Waals surface area (Å²) in [6, 6.07) is 8.18. The number of rotatable bonds is 5. The summed E-state index contributed by atoms with van der Waals surface area (Å²) in [5.74, 6) is 0.805. The van der Waals surface area contributed by atoms with Crippen molar-refractivity contribution in [1.82, 2.24) is 19.9 Å². The molecule has 120 valence electrons. The van der Waals surface area contributed by atoms with Crippen LogP contribution in [0.15, 0.2) is 47.2 Å². The molecule has 0 bridgehead atoms. The van der Waals surface area contributed by atoms with E-state index < -0.39 is 12.1 Å². The summed E-state index contributed by atoms with van der Waals surface area (Å²) in [6.45, 7) is 1.80. The van der Waals surface area contributed by atoms with Gasteiger partial charge in [-0.3, -0.25) is 9.72 Å². The van der Waals surface area contributed by atoms with E-state index in [1.807, 2.05) is 12.1 Å². The molecule has 0 aliphatic rings. The monoisotopic (exact) mass is 315 g/mol. The number of nitrogens with zero attached hydrogens (tertiary/aromatic N) is 3. The van der Waals surface area contributed by atoms with Crippen LogP contribution in [0.4, 0.5) is 10.7 Å². The average molecular weight is 315 g/mol. The van der Waals surface area contributed by atoms with Gasteiger partial charge in [0.1, 0.15) is 11.9 Å². The maximum atomic E-state index is 12.0. The van der Waals surface area contributed by atoms with Crippen molar-refractivity contribution >= 4 is 17.6 Å². The first-order chi connectivity index (χ1) is 11.1. The summed E-state index contributed by atoms with van der Waals surface area (Å²) >= 11 is 0. The summed E-state index contributed by atoms with van der Waals surface area (Å²) in [7, 11) is 0. The quantitative estimate of drug-likeness (QED) is 0.667. The number of hydrogen-bond donors (Lipinski definition) is 3. The van der Waals surface area contributed by atoms with E-state index in [-0.39, 0.29) is 6.04 Å². The van der Waals surface area contributed by atoms with Crippen LogP contribution in [0.25, 0.3) is 5.65 Å². The number of pyridine rings is 1. The minimum absolute atomic E-state index is 0.255. The number of nitrogens with one attached hydrogen (secondary N) is 2. The highest BCUT2D eigenvalue weighted by Gasteiger charge is 2.17. The van der Waals surface area contributed by atoms with Gasteiger partial charge in [0.15, 0.2) is 5.65 Å². The lowest BCUT2D eigenvalue weighted by atomic mass is 10.1. The Morgan fingerprint density at radius 2 is 2.22 bits per heavy atom. The molecule has 2 amide bonds. The van der Waals surface area contributed by atoms with Gasteiger partial charge in [-0.1, -0.05) is 6.07 Å². The van der Waals surface area contributed by atoms with E-state index in [0.717, 1.165) is 0 Å². The fraction of sp³-hybridized carbons (Fsp3) is 0.267. The van der Waals surface area contributed by atoms with Crippen LogP contribution in [0.1, 0.15) is 25.2 Å². The molecule has 8 heteroatoms. The zero-order chi connectivity index (χ0) is 16.2. The number of hydrogen-bond acceptors (Lipinski definition) is 5. The van der Waals surface area contributed by atoms with Gasteiger partial charge in [0.05, 0.1) is 6.26 Å². The minimum Gasteiger partial charge on any atom is -0.467 e. The third-order valence-electron chi connectivity index (χ3n) is 3.36. The second-order valence-electron chi connectivity index (χ2n) is 5.22. The molecule has 0 fully saturated rings. The van der Waals surface area contributed by atoms with E-state index in [4.69, 9.17) is 4.42 Å². The highest BCUT2D eigenvalue weighted by atomic mass is 16.4. The predicted molar refractivity (Wildman–Crippen MR) is 82.9 cm³/mol. The number of carbonyl (C=O) groups is 1. The van der Waals surface area contributed by atoms with Crippen LogP contribution < -0.4 is 10.6 Å². The van der Waals surface area contributed by atoms with Crippen molar-refractivity contribution in [1.29, 1.82) is 0 Å². The summed E-state index contributed by atoms with van der Waals surface area (Å²) < 4.78 is 6.80. The van der Waals surface area contributed by atoms with Gasteiger partial charge in [-0.2, -0.15) is 0 Å². The largest absolute Gasteiger partial charge is 0.467 e. The number of amides is 2. The smallest absolute Gasteiger partial charge is 0.321 e. The summed E-state index contributed by atoms with van der Waals surface area (Å²) in [6.07, 6.45) is 2.82. The van der Waals surface area contributed by atoms with Gasteiger partial charge < -0.3 is 14.8 Å². The molecule has 0 saturated carbocycles. The Balaban J connectivity index is 1.56. The van der Waals surface area contributed by atoms with Crippen molar-refractivity contribution in [3.63, 3.8) is 0 Å². The van der Waals surface area contributed by atoms with Crippen molar-refractivity contribution in [3.8, 4) is 0 Å². The molecule has 3 rings (SSSR count). The summed E-state index contributed by atoms with van der Waals surface area (Å²) in [5, 5.41) is 23.3. The zero-order valence-corrected chi connectivity index (χ0v) is 12.5. The first kappa shape index (κ1) is 15.0. The zero-order valence-electron chi connectivity index (χ0n) is 12.5. The standard InChI is InChI=1S/C15H17N5O3/c1-10(9-11(21)12-5-4-8-23-12)16-15(22)17-14-19-18-13-6-2-3-7-20(13)14/h2-8,10-11,21H,9H2,1H3,(H2,16,17,19,22)/t10-,11-/m1/s1. The fourth-order valence-electron chi connectivity index (χ4n) is 2.28. The molecule has 23 heavy (non-hydrogen) atoms. The summed E-state index contributed by atoms with van der Waals surface area (Å²) in [5.41, 5.74) is 0.643. The number of aliphatic hydroxyl groups is 1. The summed E-state index contributed by atoms with van der Waals surface area (Å²) in [4.78, 5) is 12.0. The molecular weight excluding hydrogens is 298 g/mol. The number of urea groups is 1. The van der Waals surface area contributed by atoms with Crippen molar-refractivity contribution < 1.29 is 14.3 Å². The second kappa shape index (κ2) is 6.49. The Morgan fingerprint density at radius 1 is 1.35 bits per heavy atom. The first-order valence-corrected chi connectivity index (χ1v) is 7.22. The second-order valence-corrected chi connectivity index (χ2v) is 5.22. The van der Waals surface area contributed by atoms with E-state index >= 15 is 0 Å². The third kappa shape index (κ3) is 3.49. The molecule has 3 aromatic rings. The first-order valence-electron chi connectivity index (χ1n) is 7.22. The number of carbonyl (C=O) groups excluding carboxylic acids is 1. The topological polar surface area (TPSA) is 105 Å². The Morgan fingerprint density at radius 3 is 3.00 bits per heavy atom. The fourth-order valence-corrected chi connectivity index (χ4v) is 2.28. The molecule has 2 atom stereocenters. The Hall–Kier alpha value is -2.87. The molecule has 0 unspecified atom stereocenters. The molecule has 3 heterocycles. The van der Waals surface area contributed by atoms with E-state index in [0.29, 0.717) is 23.8 Å². The lowest BCUT2D eigenvalue weighted by Crippen LogP contribution is -2.37. The maximum absolute atomic E-state index is 12.0. The molecule has 0 saturated heterocycles. The molecule has 3 aromatic heterocycles. The van der Waals surface area contributed by atoms with Crippen LogP contribution in [0.5, 0.6) is 0 Å². The Labute approximate surface area is 132 Å². The lowest BCUT2D eigenvalue weighted by Gasteiger charge is -2.16. The number of aliphatic hydroxyl groups excluding tert-OH is 1. The predicted octanol–water partition coefficient (Wildman–Crippen LogP) is 1.96. The van der Waals surface area contributed by atoms with Crippen molar-refractivity contribution in [2.75, 3.05) is 5.32 Å². The van der Waals surface area contributed by atoms with Gasteiger partial charge in [0.25, 0.3) is 0 Å². The molecule has 3 N–H and O–H groups in total. The van der Waals surface area contributed by atoms with Gasteiger partial charge in [-0.15, -0.1) is 10.2 Å². The number of furan rings is 1. The van der Waals surface area contributed by atoms with Crippen molar-refractivity contribution in [3.05, 3.63) is 48.6 Å². The van der Waals surface area contributed by atoms with Crippen molar-refractivity contribution in [2.24, 2.45) is 0 Å². The number of aromatic nitrogens is 3. The normalized spacial score (nSPS) is 13.7. The van der Waals surface area contributed by atoms with Crippen LogP contribution >= 0.6 is 0 Å². The van der Waals surface area contributed by atoms with Gasteiger partial charge >= 0.3 is 6.03 Å². The molecular formula is C15H17N5O3. The Bertz CT molecular complexity index is 783. The molecule has 8 nitrogen and oxygen atoms in total. The highest BCUT2D eigenvalue weighted by Crippen LogP contribution is 2.18. The molecule has 0 aliphatic carbocycles. The molecule has 0 aromatic carbocycles. The molecule has 0 aliphatic heterocycles.